The maximum Gasteiger partial charge on any atom is 0.258 e. The molecule has 16 heteroatoms. The molecule has 4 aliphatic rings. The van der Waals surface area contributed by atoms with E-state index in [1.807, 2.05) is 0 Å². The second kappa shape index (κ2) is 9.80. The number of phenols is 1. The minimum Gasteiger partial charge on any atom is -0.502 e. The Kier molecular flexibility index (Phi) is 6.71. The molecule has 1 saturated carbocycles. The quantitative estimate of drug-likeness (QED) is 0.127. The van der Waals surface area contributed by atoms with Gasteiger partial charge in [0.15, 0.2) is 44.5 Å². The number of fused-ring (bicyclic) bond motifs is 4. The van der Waals surface area contributed by atoms with Crippen molar-refractivity contribution in [2.75, 3.05) is 19.1 Å². The van der Waals surface area contributed by atoms with Crippen LogP contribution in [0, 0.1) is 46.8 Å². The van der Waals surface area contributed by atoms with E-state index in [9.17, 15) is 37.5 Å². The van der Waals surface area contributed by atoms with Crippen LogP contribution in [0.25, 0.3) is 0 Å². The Labute approximate surface area is 254 Å². The number of nitrogens with one attached hydrogen (secondary N) is 1. The maximum absolute atomic E-state index is 15.0. The number of benzene rings is 2. The van der Waals surface area contributed by atoms with Gasteiger partial charge in [-0.05, 0) is 36.5 Å². The zero-order valence-electron chi connectivity index (χ0n) is 22.4. The molecule has 2 aliphatic carbocycles. The molecule has 6 unspecified atom stereocenters. The van der Waals surface area contributed by atoms with Crippen LogP contribution in [0.4, 0.5) is 27.6 Å². The molecule has 44 heavy (non-hydrogen) atoms. The number of phenolic OH excluding ortho intramolecular Hbond substituents is 1. The fourth-order valence-electron chi connectivity index (χ4n) is 6.93. The highest BCUT2D eigenvalue weighted by Crippen LogP contribution is 2.66. The average molecular weight is 661 g/mol. The number of amides is 4. The Morgan fingerprint density at radius 3 is 1.95 bits per heavy atom. The summed E-state index contributed by atoms with van der Waals surface area (Å²) in [5.41, 5.74) is -1.64. The van der Waals surface area contributed by atoms with Crippen molar-refractivity contribution in [3.8, 4) is 17.2 Å². The first-order chi connectivity index (χ1) is 20.6. The van der Waals surface area contributed by atoms with Crippen LogP contribution in [-0.2, 0) is 19.2 Å². The molecule has 232 valence electrons. The normalized spacial score (nSPS) is 30.9. The SMILES string of the molecule is COc1cc(C2C3=CCC4C(=O)NC(=O)C4C3CC3(Cl)C(=O)N(c4c(F)c(F)c(F)c(F)c4F)C(=O)C23Cl)cc(OC)c1O. The van der Waals surface area contributed by atoms with Crippen LogP contribution in [0.3, 0.4) is 0 Å². The van der Waals surface area contributed by atoms with E-state index in [2.05, 4.69) is 5.32 Å². The number of ether oxygens (including phenoxy) is 2. The average Bonchev–Trinajstić information content (AvgIpc) is 3.37. The summed E-state index contributed by atoms with van der Waals surface area (Å²) in [7, 11) is 2.39. The molecule has 0 spiro atoms. The Bertz CT molecular complexity index is 1700. The van der Waals surface area contributed by atoms with Gasteiger partial charge in [0, 0.05) is 5.92 Å². The number of carbonyl (C=O) groups is 4. The van der Waals surface area contributed by atoms with Gasteiger partial charge >= 0.3 is 0 Å². The topological polar surface area (TPSA) is 122 Å². The van der Waals surface area contributed by atoms with Gasteiger partial charge in [-0.2, -0.15) is 0 Å². The second-order valence-electron chi connectivity index (χ2n) is 10.8. The van der Waals surface area contributed by atoms with Crippen molar-refractivity contribution in [1.29, 1.82) is 0 Å². The van der Waals surface area contributed by atoms with Gasteiger partial charge in [-0.1, -0.05) is 11.6 Å². The van der Waals surface area contributed by atoms with Crippen molar-refractivity contribution in [2.45, 2.75) is 28.5 Å². The molecule has 2 saturated heterocycles. The van der Waals surface area contributed by atoms with Gasteiger partial charge < -0.3 is 14.6 Å². The zero-order valence-corrected chi connectivity index (χ0v) is 24.0. The molecule has 4 amide bonds. The summed E-state index contributed by atoms with van der Waals surface area (Å²) < 4.78 is 83.0. The monoisotopic (exact) mass is 660 g/mol. The van der Waals surface area contributed by atoms with Crippen molar-refractivity contribution >= 4 is 52.5 Å². The minimum atomic E-state index is -2.72. The maximum atomic E-state index is 15.0. The lowest BCUT2D eigenvalue weighted by Gasteiger charge is -2.50. The third kappa shape index (κ3) is 3.57. The Balaban J connectivity index is 1.65. The Hall–Kier alpha value is -3.91. The van der Waals surface area contributed by atoms with Crippen LogP contribution in [0.2, 0.25) is 0 Å². The number of rotatable bonds is 4. The summed E-state index contributed by atoms with van der Waals surface area (Å²) in [6.45, 7) is 0. The molecule has 6 rings (SSSR count). The number of imide groups is 2. The van der Waals surface area contributed by atoms with E-state index in [1.54, 1.807) is 0 Å². The lowest BCUT2D eigenvalue weighted by molar-refractivity contribution is -0.127. The number of allylic oxidation sites excluding steroid dienone is 2. The first-order valence-electron chi connectivity index (χ1n) is 12.9. The number of hydrogen-bond acceptors (Lipinski definition) is 7. The summed E-state index contributed by atoms with van der Waals surface area (Å²) in [4.78, 5) is 48.1. The fraction of sp³-hybridized carbons (Fsp3) is 0.357. The summed E-state index contributed by atoms with van der Waals surface area (Å²) in [5.74, 6) is -22.3. The Morgan fingerprint density at radius 2 is 1.41 bits per heavy atom. The highest BCUT2D eigenvalue weighted by atomic mass is 35.5. The van der Waals surface area contributed by atoms with Crippen LogP contribution < -0.4 is 19.7 Å². The van der Waals surface area contributed by atoms with Gasteiger partial charge in [0.1, 0.15) is 5.69 Å². The lowest BCUT2D eigenvalue weighted by atomic mass is 9.56. The van der Waals surface area contributed by atoms with E-state index in [0.29, 0.717) is 0 Å². The highest BCUT2D eigenvalue weighted by Gasteiger charge is 2.77. The van der Waals surface area contributed by atoms with Gasteiger partial charge in [0.25, 0.3) is 11.8 Å². The number of aromatic hydroxyl groups is 1. The number of nitrogens with zero attached hydrogens (tertiary/aromatic N) is 1. The fourth-order valence-corrected chi connectivity index (χ4v) is 7.87. The van der Waals surface area contributed by atoms with Gasteiger partial charge in [0.2, 0.25) is 23.4 Å². The number of halogens is 7. The van der Waals surface area contributed by atoms with Crippen LogP contribution in [0.1, 0.15) is 24.3 Å². The van der Waals surface area contributed by atoms with E-state index in [0.717, 1.165) is 0 Å². The molecule has 2 aromatic carbocycles. The van der Waals surface area contributed by atoms with Crippen LogP contribution in [0.15, 0.2) is 23.8 Å². The van der Waals surface area contributed by atoms with Crippen molar-refractivity contribution in [3.05, 3.63) is 58.4 Å². The third-order valence-electron chi connectivity index (χ3n) is 8.90. The summed E-state index contributed by atoms with van der Waals surface area (Å²) in [6.07, 6.45) is 0.883. The third-order valence-corrected chi connectivity index (χ3v) is 10.3. The van der Waals surface area contributed by atoms with Crippen molar-refractivity contribution in [2.24, 2.45) is 17.8 Å². The first-order valence-corrected chi connectivity index (χ1v) is 13.7. The van der Waals surface area contributed by atoms with E-state index >= 15 is 8.78 Å². The predicted molar refractivity (Wildman–Crippen MR) is 141 cm³/mol. The molecule has 0 radical (unpaired) electrons. The molecule has 2 aliphatic heterocycles. The molecular formula is C28H19Cl2F5N2O7. The number of anilines is 1. The molecule has 2 aromatic rings. The van der Waals surface area contributed by atoms with Gasteiger partial charge in [-0.25, -0.2) is 26.9 Å². The number of alkyl halides is 2. The first kappa shape index (κ1) is 30.1. The van der Waals surface area contributed by atoms with Crippen LogP contribution in [-0.4, -0.2) is 52.7 Å². The van der Waals surface area contributed by atoms with Crippen molar-refractivity contribution < 1.29 is 55.7 Å². The van der Waals surface area contributed by atoms with Gasteiger partial charge in [-0.3, -0.25) is 24.5 Å². The van der Waals surface area contributed by atoms with Crippen LogP contribution in [0.5, 0.6) is 17.2 Å². The number of methoxy groups -OCH3 is 2. The molecular weight excluding hydrogens is 642 g/mol. The standard InChI is InChI=1S/C28H19Cl2F5N2O7/c1-43-12-5-8(6-13(44-2)22(12)38)15-9-3-4-10-14(24(40)36-23(10)39)11(9)7-27(29)25(41)37(26(42)28(15,27)30)21-19(34)17(32)16(31)18(33)20(21)35/h3,5-6,10-11,14-15,38H,4,7H2,1-2H3,(H,36,39,40). The highest BCUT2D eigenvalue weighted by molar-refractivity contribution is 6.58. The van der Waals surface area contributed by atoms with E-state index in [-0.39, 0.29) is 34.0 Å². The molecule has 3 fully saturated rings. The molecule has 9 nitrogen and oxygen atoms in total. The summed E-state index contributed by atoms with van der Waals surface area (Å²) >= 11 is 14.0. The molecule has 2 heterocycles. The van der Waals surface area contributed by atoms with Crippen molar-refractivity contribution in [3.63, 3.8) is 0 Å². The predicted octanol–water partition coefficient (Wildman–Crippen LogP) is 3.96. The second-order valence-corrected chi connectivity index (χ2v) is 12.1. The molecule has 0 bridgehead atoms. The lowest BCUT2D eigenvalue weighted by Crippen LogP contribution is -2.60. The minimum absolute atomic E-state index is 0.0102. The van der Waals surface area contributed by atoms with E-state index in [4.69, 9.17) is 32.7 Å². The zero-order chi connectivity index (χ0) is 32.2. The smallest absolute Gasteiger partial charge is 0.258 e. The molecule has 6 atom stereocenters. The van der Waals surface area contributed by atoms with Gasteiger partial charge in [0.05, 0.1) is 26.1 Å². The molecule has 2 N–H and O–H groups in total. The van der Waals surface area contributed by atoms with Crippen LogP contribution >= 0.6 is 23.2 Å². The van der Waals surface area contributed by atoms with Gasteiger partial charge in [-0.15, -0.1) is 23.2 Å². The number of carbonyl (C=O) groups excluding carboxylic acids is 4. The van der Waals surface area contributed by atoms with Crippen molar-refractivity contribution in [1.82, 2.24) is 5.32 Å². The number of hydrogen-bond donors (Lipinski definition) is 2. The van der Waals surface area contributed by atoms with E-state index in [1.165, 1.54) is 32.4 Å². The Morgan fingerprint density at radius 1 is 0.864 bits per heavy atom. The largest absolute Gasteiger partial charge is 0.502 e. The van der Waals surface area contributed by atoms with E-state index < -0.39 is 104 Å². The molecule has 0 aromatic heterocycles. The summed E-state index contributed by atoms with van der Waals surface area (Å²) in [6, 6.07) is 2.44. The summed E-state index contributed by atoms with van der Waals surface area (Å²) in [5, 5.41) is 12.7.